The van der Waals surface area contributed by atoms with E-state index in [1.165, 1.54) is 0 Å². The molecule has 1 fully saturated rings. The van der Waals surface area contributed by atoms with E-state index in [0.29, 0.717) is 18.1 Å². The number of likely N-dealkylation sites (tertiary alicyclic amines) is 1. The van der Waals surface area contributed by atoms with Crippen molar-refractivity contribution in [2.24, 2.45) is 7.05 Å². The van der Waals surface area contributed by atoms with Gasteiger partial charge in [0.2, 0.25) is 5.91 Å². The van der Waals surface area contributed by atoms with E-state index in [2.05, 4.69) is 10.4 Å². The summed E-state index contributed by atoms with van der Waals surface area (Å²) in [5, 5.41) is 8.05. The molecule has 1 aliphatic rings. The molecule has 0 radical (unpaired) electrons. The number of nitrogens with one attached hydrogen (secondary N) is 1. The summed E-state index contributed by atoms with van der Waals surface area (Å²) in [7, 11) is 1.86. The van der Waals surface area contributed by atoms with Gasteiger partial charge >= 0.3 is 0 Å². The summed E-state index contributed by atoms with van der Waals surface area (Å²) in [6, 6.07) is 0. The molecule has 0 atom stereocenters. The molecule has 0 bridgehead atoms. The predicted octanol–water partition coefficient (Wildman–Crippen LogP) is 1.09. The van der Waals surface area contributed by atoms with Gasteiger partial charge in [0.15, 0.2) is 0 Å². The first-order valence-electron chi connectivity index (χ1n) is 6.26. The zero-order chi connectivity index (χ0) is 13.1. The van der Waals surface area contributed by atoms with Crippen molar-refractivity contribution in [2.75, 3.05) is 19.6 Å². The van der Waals surface area contributed by atoms with E-state index in [-0.39, 0.29) is 5.91 Å². The largest absolute Gasteiger partial charge is 0.342 e. The zero-order valence-corrected chi connectivity index (χ0v) is 11.6. The quantitative estimate of drug-likeness (QED) is 0.891. The van der Waals surface area contributed by atoms with Crippen molar-refractivity contribution < 1.29 is 4.79 Å². The Morgan fingerprint density at radius 3 is 2.67 bits per heavy atom. The number of halogens is 1. The fourth-order valence-corrected chi connectivity index (χ4v) is 2.47. The number of rotatable bonds is 4. The Morgan fingerprint density at radius 2 is 2.11 bits per heavy atom. The van der Waals surface area contributed by atoms with E-state index in [9.17, 15) is 4.79 Å². The number of aryl methyl sites for hydroxylation is 2. The van der Waals surface area contributed by atoms with Gasteiger partial charge in [-0.05, 0) is 19.8 Å². The van der Waals surface area contributed by atoms with Gasteiger partial charge in [-0.3, -0.25) is 9.48 Å². The number of nitrogens with zero attached hydrogens (tertiary/aromatic N) is 3. The van der Waals surface area contributed by atoms with Crippen LogP contribution in [-0.2, 0) is 18.4 Å². The van der Waals surface area contributed by atoms with Gasteiger partial charge in [0.25, 0.3) is 0 Å². The summed E-state index contributed by atoms with van der Waals surface area (Å²) in [4.78, 5) is 13.7. The van der Waals surface area contributed by atoms with Crippen molar-refractivity contribution in [2.45, 2.75) is 26.3 Å². The van der Waals surface area contributed by atoms with Crippen LogP contribution in [-0.4, -0.2) is 40.2 Å². The number of carbonyl (C=O) groups is 1. The summed E-state index contributed by atoms with van der Waals surface area (Å²) >= 11 is 6.14. The van der Waals surface area contributed by atoms with Crippen molar-refractivity contribution in [1.29, 1.82) is 0 Å². The first kappa shape index (κ1) is 13.4. The first-order chi connectivity index (χ1) is 8.59. The summed E-state index contributed by atoms with van der Waals surface area (Å²) in [5.41, 5.74) is 1.74. The highest BCUT2D eigenvalue weighted by molar-refractivity contribution is 6.31. The van der Waals surface area contributed by atoms with Gasteiger partial charge in [-0.15, -0.1) is 0 Å². The van der Waals surface area contributed by atoms with Gasteiger partial charge in [-0.25, -0.2) is 0 Å². The third-order valence-electron chi connectivity index (χ3n) is 3.29. The van der Waals surface area contributed by atoms with Crippen LogP contribution in [0.25, 0.3) is 0 Å². The third-order valence-corrected chi connectivity index (χ3v) is 3.78. The fourth-order valence-electron chi connectivity index (χ4n) is 2.24. The third kappa shape index (κ3) is 2.84. The van der Waals surface area contributed by atoms with Crippen LogP contribution in [0, 0.1) is 6.92 Å². The van der Waals surface area contributed by atoms with E-state index in [4.69, 9.17) is 11.6 Å². The Balaban J connectivity index is 1.83. The van der Waals surface area contributed by atoms with Gasteiger partial charge in [0.1, 0.15) is 0 Å². The average molecular weight is 271 g/mol. The number of hydrogen-bond donors (Lipinski definition) is 1. The van der Waals surface area contributed by atoms with Crippen molar-refractivity contribution in [3.63, 3.8) is 0 Å². The van der Waals surface area contributed by atoms with Gasteiger partial charge in [0.05, 0.1) is 23.0 Å². The van der Waals surface area contributed by atoms with E-state index >= 15 is 0 Å². The number of hydrogen-bond acceptors (Lipinski definition) is 3. The highest BCUT2D eigenvalue weighted by Gasteiger charge is 2.17. The van der Waals surface area contributed by atoms with Gasteiger partial charge < -0.3 is 10.2 Å². The van der Waals surface area contributed by atoms with Gasteiger partial charge in [-0.1, -0.05) is 11.6 Å². The standard InChI is InChI=1S/C12H19ClN4O/c1-9-12(13)10(16(2)15-9)7-14-8-11(18)17-5-3-4-6-17/h14H,3-8H2,1-2H3. The molecule has 100 valence electrons. The molecule has 2 rings (SSSR count). The molecule has 1 amide bonds. The number of amides is 1. The maximum Gasteiger partial charge on any atom is 0.236 e. The average Bonchev–Trinajstić information content (AvgIpc) is 2.93. The summed E-state index contributed by atoms with van der Waals surface area (Å²) < 4.78 is 1.75. The molecule has 0 aliphatic carbocycles. The monoisotopic (exact) mass is 270 g/mol. The molecule has 2 heterocycles. The molecule has 6 heteroatoms. The van der Waals surface area contributed by atoms with E-state index in [1.807, 2.05) is 18.9 Å². The second-order valence-electron chi connectivity index (χ2n) is 4.66. The lowest BCUT2D eigenvalue weighted by atomic mass is 10.3. The van der Waals surface area contributed by atoms with Gasteiger partial charge in [-0.2, -0.15) is 5.10 Å². The minimum absolute atomic E-state index is 0.169. The number of aromatic nitrogens is 2. The van der Waals surface area contributed by atoms with Crippen LogP contribution in [0.3, 0.4) is 0 Å². The Hall–Kier alpha value is -1.07. The summed E-state index contributed by atoms with van der Waals surface area (Å²) in [6.07, 6.45) is 2.25. The fraction of sp³-hybridized carbons (Fsp3) is 0.667. The molecule has 1 saturated heterocycles. The normalized spacial score (nSPS) is 15.4. The lowest BCUT2D eigenvalue weighted by Gasteiger charge is -2.15. The Labute approximate surface area is 112 Å². The highest BCUT2D eigenvalue weighted by Crippen LogP contribution is 2.18. The maximum atomic E-state index is 11.8. The minimum atomic E-state index is 0.169. The Morgan fingerprint density at radius 1 is 1.44 bits per heavy atom. The van der Waals surface area contributed by atoms with Crippen LogP contribution >= 0.6 is 11.6 Å². The Bertz CT molecular complexity index is 438. The molecule has 1 aromatic heterocycles. The van der Waals surface area contributed by atoms with E-state index in [0.717, 1.165) is 37.3 Å². The van der Waals surface area contributed by atoms with Crippen molar-refractivity contribution in [1.82, 2.24) is 20.0 Å². The molecular formula is C12H19ClN4O. The summed E-state index contributed by atoms with van der Waals surface area (Å²) in [5.74, 6) is 0.169. The van der Waals surface area contributed by atoms with E-state index < -0.39 is 0 Å². The van der Waals surface area contributed by atoms with Crippen molar-refractivity contribution >= 4 is 17.5 Å². The molecule has 18 heavy (non-hydrogen) atoms. The molecule has 0 spiro atoms. The van der Waals surface area contributed by atoms with Crippen LogP contribution in [0.1, 0.15) is 24.2 Å². The molecule has 1 N–H and O–H groups in total. The molecule has 0 unspecified atom stereocenters. The second kappa shape index (κ2) is 5.71. The van der Waals surface area contributed by atoms with E-state index in [1.54, 1.807) is 4.68 Å². The smallest absolute Gasteiger partial charge is 0.236 e. The Kier molecular flexibility index (Phi) is 4.24. The molecular weight excluding hydrogens is 252 g/mol. The van der Waals surface area contributed by atoms with Gasteiger partial charge in [0, 0.05) is 26.7 Å². The van der Waals surface area contributed by atoms with Crippen LogP contribution in [0.4, 0.5) is 0 Å². The zero-order valence-electron chi connectivity index (χ0n) is 10.9. The molecule has 1 aromatic rings. The van der Waals surface area contributed by atoms with Crippen LogP contribution in [0.2, 0.25) is 5.02 Å². The molecule has 0 aromatic carbocycles. The topological polar surface area (TPSA) is 50.2 Å². The maximum absolute atomic E-state index is 11.8. The highest BCUT2D eigenvalue weighted by atomic mass is 35.5. The lowest BCUT2D eigenvalue weighted by Crippen LogP contribution is -2.36. The number of carbonyl (C=O) groups excluding carboxylic acids is 1. The molecule has 1 aliphatic heterocycles. The first-order valence-corrected chi connectivity index (χ1v) is 6.64. The van der Waals surface area contributed by atoms with Crippen LogP contribution < -0.4 is 5.32 Å². The van der Waals surface area contributed by atoms with Crippen molar-refractivity contribution in [3.8, 4) is 0 Å². The van der Waals surface area contributed by atoms with Crippen LogP contribution in [0.15, 0.2) is 0 Å². The van der Waals surface area contributed by atoms with Crippen LogP contribution in [0.5, 0.6) is 0 Å². The lowest BCUT2D eigenvalue weighted by molar-refractivity contribution is -0.129. The second-order valence-corrected chi connectivity index (χ2v) is 5.04. The predicted molar refractivity (Wildman–Crippen MR) is 70.5 cm³/mol. The SMILES string of the molecule is Cc1nn(C)c(CNCC(=O)N2CCCC2)c1Cl. The molecule has 0 saturated carbocycles. The molecule has 5 nitrogen and oxygen atoms in total. The van der Waals surface area contributed by atoms with Crippen molar-refractivity contribution in [3.05, 3.63) is 16.4 Å². The summed E-state index contributed by atoms with van der Waals surface area (Å²) in [6.45, 7) is 4.59. The minimum Gasteiger partial charge on any atom is -0.342 e.